The van der Waals surface area contributed by atoms with Crippen molar-refractivity contribution in [1.82, 2.24) is 9.55 Å². The van der Waals surface area contributed by atoms with Crippen molar-refractivity contribution in [2.24, 2.45) is 5.92 Å². The smallest absolute Gasteiger partial charge is 0.307 e. The van der Waals surface area contributed by atoms with Crippen LogP contribution in [0.1, 0.15) is 62.9 Å². The lowest BCUT2D eigenvalue weighted by Crippen LogP contribution is -2.24. The second kappa shape index (κ2) is 6.16. The van der Waals surface area contributed by atoms with Crippen LogP contribution in [0.4, 0.5) is 0 Å². The molecule has 0 spiro atoms. The van der Waals surface area contributed by atoms with Crippen LogP contribution in [0.25, 0.3) is 0 Å². The monoisotopic (exact) mass is 346 g/mol. The van der Waals surface area contributed by atoms with Crippen LogP contribution < -0.4 is 4.87 Å². The van der Waals surface area contributed by atoms with E-state index in [1.807, 2.05) is 0 Å². The van der Waals surface area contributed by atoms with Gasteiger partial charge in [-0.1, -0.05) is 18.3 Å². The molecule has 128 valence electrons. The van der Waals surface area contributed by atoms with E-state index >= 15 is 0 Å². The molecule has 1 atom stereocenters. The predicted octanol–water partition coefficient (Wildman–Crippen LogP) is 3.07. The molecule has 1 aliphatic carbocycles. The third-order valence-electron chi connectivity index (χ3n) is 4.86. The molecule has 0 radical (unpaired) electrons. The van der Waals surface area contributed by atoms with Crippen LogP contribution in [0.5, 0.6) is 0 Å². The molecule has 0 aliphatic heterocycles. The number of hydrogen-bond donors (Lipinski definition) is 1. The van der Waals surface area contributed by atoms with E-state index in [9.17, 15) is 14.4 Å². The Balaban J connectivity index is 1.93. The molecule has 0 bridgehead atoms. The number of Topliss-reactive ketones (excluding diaryl/α,β-unsaturated/α-hetero) is 2. The van der Waals surface area contributed by atoms with Crippen molar-refractivity contribution in [1.29, 1.82) is 0 Å². The molecule has 24 heavy (non-hydrogen) atoms. The van der Waals surface area contributed by atoms with E-state index in [1.54, 1.807) is 18.4 Å². The van der Waals surface area contributed by atoms with Crippen molar-refractivity contribution in [2.75, 3.05) is 0 Å². The molecule has 0 fully saturated rings. The second-order valence-electron chi connectivity index (χ2n) is 6.78. The molecule has 6 heteroatoms. The molecule has 0 saturated heterocycles. The van der Waals surface area contributed by atoms with Crippen LogP contribution in [0, 0.1) is 19.8 Å². The Bertz CT molecular complexity index is 885. The van der Waals surface area contributed by atoms with Gasteiger partial charge in [0.1, 0.15) is 0 Å². The molecule has 2 aromatic rings. The van der Waals surface area contributed by atoms with Gasteiger partial charge in [-0.2, -0.15) is 0 Å². The number of aromatic nitrogens is 2. The lowest BCUT2D eigenvalue weighted by molar-refractivity contribution is 0.0964. The summed E-state index contributed by atoms with van der Waals surface area (Å²) in [5.41, 5.74) is 3.41. The van der Waals surface area contributed by atoms with E-state index in [4.69, 9.17) is 0 Å². The van der Waals surface area contributed by atoms with E-state index < -0.39 is 0 Å². The molecule has 0 unspecified atom stereocenters. The molecule has 0 saturated carbocycles. The summed E-state index contributed by atoms with van der Waals surface area (Å²) in [6, 6.07) is 0. The van der Waals surface area contributed by atoms with Crippen LogP contribution in [0.3, 0.4) is 0 Å². The Kier molecular flexibility index (Phi) is 4.34. The van der Waals surface area contributed by atoms with Gasteiger partial charge >= 0.3 is 4.87 Å². The minimum atomic E-state index is -0.149. The number of hydrogen-bond acceptors (Lipinski definition) is 4. The van der Waals surface area contributed by atoms with Crippen LogP contribution in [-0.2, 0) is 19.4 Å². The zero-order chi connectivity index (χ0) is 17.6. The lowest BCUT2D eigenvalue weighted by atomic mass is 9.93. The number of carbonyl (C=O) groups is 2. The van der Waals surface area contributed by atoms with E-state index in [1.165, 1.54) is 18.3 Å². The fourth-order valence-electron chi connectivity index (χ4n) is 3.66. The van der Waals surface area contributed by atoms with Gasteiger partial charge in [-0.25, -0.2) is 0 Å². The number of thiazole rings is 1. The number of aromatic amines is 1. The Labute approximate surface area is 144 Å². The van der Waals surface area contributed by atoms with Crippen molar-refractivity contribution < 1.29 is 9.59 Å². The SMILES string of the molecule is CC(=O)c1c(C)[nH]c(C(=O)Cn2c3c(sc2=O)C[C@@H](C)CC3)c1C. The average molecular weight is 346 g/mol. The topological polar surface area (TPSA) is 71.9 Å². The first-order valence-corrected chi connectivity index (χ1v) is 9.06. The minimum absolute atomic E-state index is 0.0389. The van der Waals surface area contributed by atoms with Crippen LogP contribution >= 0.6 is 11.3 Å². The summed E-state index contributed by atoms with van der Waals surface area (Å²) in [6.07, 6.45) is 2.82. The van der Waals surface area contributed by atoms with Gasteiger partial charge in [-0.15, -0.1) is 0 Å². The maximum absolute atomic E-state index is 12.7. The highest BCUT2D eigenvalue weighted by atomic mass is 32.1. The Hall–Kier alpha value is -1.95. The number of carbonyl (C=O) groups excluding carboxylic acids is 2. The Morgan fingerprint density at radius 2 is 2.04 bits per heavy atom. The van der Waals surface area contributed by atoms with E-state index in [0.717, 1.165) is 29.8 Å². The number of nitrogens with one attached hydrogen (secondary N) is 1. The zero-order valence-electron chi connectivity index (χ0n) is 14.5. The first-order valence-electron chi connectivity index (χ1n) is 8.24. The van der Waals surface area contributed by atoms with Crippen molar-refractivity contribution in [2.45, 2.75) is 53.5 Å². The molecule has 1 N–H and O–H groups in total. The maximum atomic E-state index is 12.7. The van der Waals surface area contributed by atoms with Gasteiger partial charge in [0.25, 0.3) is 0 Å². The normalized spacial score (nSPS) is 16.9. The van der Waals surface area contributed by atoms with E-state index in [0.29, 0.717) is 28.4 Å². The molecule has 1 aliphatic rings. The summed E-state index contributed by atoms with van der Waals surface area (Å²) in [7, 11) is 0. The quantitative estimate of drug-likeness (QED) is 0.865. The first-order chi connectivity index (χ1) is 11.3. The molecule has 0 aromatic carbocycles. The van der Waals surface area contributed by atoms with E-state index in [2.05, 4.69) is 11.9 Å². The van der Waals surface area contributed by atoms with Crippen molar-refractivity contribution >= 4 is 22.9 Å². The minimum Gasteiger partial charge on any atom is -0.355 e. The Morgan fingerprint density at radius 3 is 2.67 bits per heavy atom. The Morgan fingerprint density at radius 1 is 1.33 bits per heavy atom. The summed E-state index contributed by atoms with van der Waals surface area (Å²) in [6.45, 7) is 7.30. The third-order valence-corrected chi connectivity index (χ3v) is 5.90. The zero-order valence-corrected chi connectivity index (χ0v) is 15.3. The summed E-state index contributed by atoms with van der Waals surface area (Å²) in [5, 5.41) is 0. The summed E-state index contributed by atoms with van der Waals surface area (Å²) in [4.78, 5) is 40.9. The van der Waals surface area contributed by atoms with Crippen molar-refractivity contribution in [3.63, 3.8) is 0 Å². The van der Waals surface area contributed by atoms with Gasteiger partial charge in [0.15, 0.2) is 11.6 Å². The molecule has 5 nitrogen and oxygen atoms in total. The maximum Gasteiger partial charge on any atom is 0.307 e. The number of H-pyrrole nitrogens is 1. The largest absolute Gasteiger partial charge is 0.355 e. The number of fused-ring (bicyclic) bond motifs is 1. The highest BCUT2D eigenvalue weighted by Gasteiger charge is 2.25. The first kappa shape index (κ1) is 16.9. The lowest BCUT2D eigenvalue weighted by Gasteiger charge is -2.19. The highest BCUT2D eigenvalue weighted by molar-refractivity contribution is 7.09. The fourth-order valence-corrected chi connectivity index (χ4v) is 4.85. The molecule has 0 amide bonds. The van der Waals surface area contributed by atoms with Gasteiger partial charge < -0.3 is 4.98 Å². The van der Waals surface area contributed by atoms with Crippen LogP contribution in [0.2, 0.25) is 0 Å². The van der Waals surface area contributed by atoms with Crippen LogP contribution in [-0.4, -0.2) is 21.1 Å². The second-order valence-corrected chi connectivity index (χ2v) is 7.82. The van der Waals surface area contributed by atoms with Gasteiger partial charge in [0, 0.05) is 21.8 Å². The number of aryl methyl sites for hydroxylation is 1. The van der Waals surface area contributed by atoms with Gasteiger partial charge in [-0.3, -0.25) is 19.0 Å². The standard InChI is InChI=1S/C18H22N2O3S/c1-9-5-6-13-15(7-9)24-18(23)20(13)8-14(22)17-10(2)16(12(4)21)11(3)19-17/h9,19H,5-8H2,1-4H3/t9-/m0/s1. The summed E-state index contributed by atoms with van der Waals surface area (Å²) in [5.74, 6) is 0.384. The van der Waals surface area contributed by atoms with Gasteiger partial charge in [-0.05, 0) is 51.5 Å². The summed E-state index contributed by atoms with van der Waals surface area (Å²) >= 11 is 1.27. The third kappa shape index (κ3) is 2.79. The van der Waals surface area contributed by atoms with Gasteiger partial charge in [0.2, 0.25) is 0 Å². The number of rotatable bonds is 4. The van der Waals surface area contributed by atoms with Crippen molar-refractivity contribution in [3.8, 4) is 0 Å². The molecule has 2 aromatic heterocycles. The van der Waals surface area contributed by atoms with Gasteiger partial charge in [0.05, 0.1) is 12.2 Å². The molecule has 2 heterocycles. The number of ketones is 2. The van der Waals surface area contributed by atoms with Crippen LogP contribution in [0.15, 0.2) is 4.79 Å². The molecular formula is C18H22N2O3S. The van der Waals surface area contributed by atoms with E-state index in [-0.39, 0.29) is 23.0 Å². The predicted molar refractivity (Wildman–Crippen MR) is 94.4 cm³/mol. The number of nitrogens with zero attached hydrogens (tertiary/aromatic N) is 1. The van der Waals surface area contributed by atoms with Crippen molar-refractivity contribution in [3.05, 3.63) is 42.8 Å². The molecular weight excluding hydrogens is 324 g/mol. The average Bonchev–Trinajstić information content (AvgIpc) is 2.95. The summed E-state index contributed by atoms with van der Waals surface area (Å²) < 4.78 is 1.62. The molecule has 3 rings (SSSR count). The highest BCUT2D eigenvalue weighted by Crippen LogP contribution is 2.27. The fraction of sp³-hybridized carbons (Fsp3) is 0.500.